The summed E-state index contributed by atoms with van der Waals surface area (Å²) in [5.74, 6) is 0.624. The molecule has 3 aromatic carbocycles. The number of rotatable bonds is 6. The molecule has 0 aromatic heterocycles. The first-order chi connectivity index (χ1) is 12.6. The maximum Gasteiger partial charge on any atom is 0.545 e. The van der Waals surface area contributed by atoms with Crippen LogP contribution < -0.4 is 19.5 Å². The van der Waals surface area contributed by atoms with Gasteiger partial charge in [-0.15, -0.1) is 0 Å². The molecule has 132 valence electrons. The Hall–Kier alpha value is -3.24. The normalized spacial score (nSPS) is 10.6. The molecule has 0 fully saturated rings. The molecular weight excluding hydrogens is 351 g/mol. The average Bonchev–Trinajstić information content (AvgIpc) is 2.63. The number of hydrogen-bond acceptors (Lipinski definition) is 4. The minimum atomic E-state index is -4.02. The molecular formula is C19H17N2O4P. The van der Waals surface area contributed by atoms with Crippen LogP contribution in [0.2, 0.25) is 0 Å². The molecule has 2 amide bonds. The van der Waals surface area contributed by atoms with Crippen molar-refractivity contribution in [1.29, 1.82) is 0 Å². The molecule has 26 heavy (non-hydrogen) atoms. The second-order valence-electron chi connectivity index (χ2n) is 5.24. The topological polar surface area (TPSA) is 76.7 Å². The Morgan fingerprint density at radius 2 is 1.12 bits per heavy atom. The van der Waals surface area contributed by atoms with Gasteiger partial charge in [-0.05, 0) is 36.4 Å². The van der Waals surface area contributed by atoms with Crippen LogP contribution in [0.4, 0.5) is 10.5 Å². The number of carbonyl (C=O) groups excluding carboxylic acids is 1. The zero-order valence-electron chi connectivity index (χ0n) is 13.7. The van der Waals surface area contributed by atoms with E-state index in [1.807, 2.05) is 6.07 Å². The van der Waals surface area contributed by atoms with E-state index in [1.54, 1.807) is 84.9 Å². The van der Waals surface area contributed by atoms with Gasteiger partial charge in [-0.1, -0.05) is 54.6 Å². The van der Waals surface area contributed by atoms with Gasteiger partial charge in [-0.2, -0.15) is 0 Å². The maximum absolute atomic E-state index is 13.1. The molecule has 0 saturated heterocycles. The highest BCUT2D eigenvalue weighted by Crippen LogP contribution is 2.44. The van der Waals surface area contributed by atoms with Crippen molar-refractivity contribution in [3.8, 4) is 11.5 Å². The summed E-state index contributed by atoms with van der Waals surface area (Å²) in [6.45, 7) is 0. The summed E-state index contributed by atoms with van der Waals surface area (Å²) >= 11 is 0. The van der Waals surface area contributed by atoms with Gasteiger partial charge in [0, 0.05) is 5.69 Å². The lowest BCUT2D eigenvalue weighted by molar-refractivity contribution is 0.253. The first-order valence-corrected chi connectivity index (χ1v) is 9.41. The van der Waals surface area contributed by atoms with E-state index in [4.69, 9.17) is 9.05 Å². The molecule has 3 rings (SSSR count). The molecule has 6 nitrogen and oxygen atoms in total. The van der Waals surface area contributed by atoms with E-state index in [0.29, 0.717) is 17.2 Å². The molecule has 0 aliphatic rings. The van der Waals surface area contributed by atoms with Gasteiger partial charge in [0.1, 0.15) is 11.5 Å². The highest BCUT2D eigenvalue weighted by molar-refractivity contribution is 7.53. The standard InChI is InChI=1S/C19H17N2O4P/c22-19(20-16-10-4-1-5-11-16)21-26(23,24-17-12-6-2-7-13-17)25-18-14-8-3-9-15-18/h1-15H,(H2,20,21,22,23). The molecule has 0 aliphatic carbocycles. The van der Waals surface area contributed by atoms with Crippen molar-refractivity contribution in [3.63, 3.8) is 0 Å². The predicted molar refractivity (Wildman–Crippen MR) is 100 cm³/mol. The van der Waals surface area contributed by atoms with Crippen LogP contribution in [0.1, 0.15) is 0 Å². The van der Waals surface area contributed by atoms with Gasteiger partial charge in [-0.3, -0.25) is 0 Å². The number of amides is 2. The Morgan fingerprint density at radius 3 is 1.58 bits per heavy atom. The van der Waals surface area contributed by atoms with Crippen LogP contribution in [0, 0.1) is 0 Å². The highest BCUT2D eigenvalue weighted by Gasteiger charge is 2.31. The lowest BCUT2D eigenvalue weighted by Crippen LogP contribution is -2.30. The zero-order valence-corrected chi connectivity index (χ0v) is 14.6. The number of urea groups is 1. The van der Waals surface area contributed by atoms with E-state index in [2.05, 4.69) is 10.4 Å². The number of hydrogen-bond donors (Lipinski definition) is 2. The number of nitrogens with one attached hydrogen (secondary N) is 2. The molecule has 0 atom stereocenters. The molecule has 7 heteroatoms. The fraction of sp³-hybridized carbons (Fsp3) is 0. The van der Waals surface area contributed by atoms with E-state index >= 15 is 0 Å². The molecule has 0 heterocycles. The van der Waals surface area contributed by atoms with Gasteiger partial charge < -0.3 is 14.4 Å². The maximum atomic E-state index is 13.1. The molecule has 0 unspecified atom stereocenters. The van der Waals surface area contributed by atoms with Gasteiger partial charge in [0.15, 0.2) is 0 Å². The second-order valence-corrected chi connectivity index (χ2v) is 6.82. The Bertz CT molecular complexity index is 844. The minimum Gasteiger partial charge on any atom is -0.400 e. The van der Waals surface area contributed by atoms with Crippen LogP contribution in [0.5, 0.6) is 11.5 Å². The van der Waals surface area contributed by atoms with Crippen LogP contribution in [0.25, 0.3) is 0 Å². The van der Waals surface area contributed by atoms with Crippen molar-refractivity contribution < 1.29 is 18.4 Å². The number of carbonyl (C=O) groups is 1. The van der Waals surface area contributed by atoms with E-state index < -0.39 is 13.8 Å². The molecule has 2 N–H and O–H groups in total. The molecule has 0 saturated carbocycles. The van der Waals surface area contributed by atoms with Gasteiger partial charge in [0.25, 0.3) is 0 Å². The third-order valence-electron chi connectivity index (χ3n) is 3.21. The molecule has 3 aromatic rings. The SMILES string of the molecule is O=C(Nc1ccccc1)NP(=O)(Oc1ccccc1)Oc1ccccc1. The Balaban J connectivity index is 1.77. The monoisotopic (exact) mass is 368 g/mol. The summed E-state index contributed by atoms with van der Waals surface area (Å²) in [7, 11) is -4.02. The van der Waals surface area contributed by atoms with Crippen molar-refractivity contribution in [2.24, 2.45) is 0 Å². The van der Waals surface area contributed by atoms with Crippen LogP contribution in [-0.4, -0.2) is 6.03 Å². The van der Waals surface area contributed by atoms with Gasteiger partial charge in [0.2, 0.25) is 0 Å². The fourth-order valence-corrected chi connectivity index (χ4v) is 3.34. The number of para-hydroxylation sites is 3. The fourth-order valence-electron chi connectivity index (χ4n) is 2.11. The smallest absolute Gasteiger partial charge is 0.400 e. The van der Waals surface area contributed by atoms with Crippen molar-refractivity contribution in [3.05, 3.63) is 91.0 Å². The molecule has 0 spiro atoms. The van der Waals surface area contributed by atoms with Crippen molar-refractivity contribution in [1.82, 2.24) is 5.09 Å². The Labute approximate surface area is 151 Å². The van der Waals surface area contributed by atoms with Crippen molar-refractivity contribution in [2.75, 3.05) is 5.32 Å². The van der Waals surface area contributed by atoms with Crippen LogP contribution in [0.15, 0.2) is 91.0 Å². The van der Waals surface area contributed by atoms with E-state index in [0.717, 1.165) is 0 Å². The lowest BCUT2D eigenvalue weighted by atomic mass is 10.3. The summed E-state index contributed by atoms with van der Waals surface area (Å²) in [5.41, 5.74) is 0.552. The molecule has 0 aliphatic heterocycles. The van der Waals surface area contributed by atoms with Crippen molar-refractivity contribution >= 4 is 19.5 Å². The van der Waals surface area contributed by atoms with E-state index in [9.17, 15) is 9.36 Å². The summed E-state index contributed by atoms with van der Waals surface area (Å²) in [4.78, 5) is 12.3. The largest absolute Gasteiger partial charge is 0.545 e. The summed E-state index contributed by atoms with van der Waals surface area (Å²) in [6.07, 6.45) is 0. The Morgan fingerprint density at radius 1 is 0.692 bits per heavy atom. The van der Waals surface area contributed by atoms with E-state index in [-0.39, 0.29) is 0 Å². The third-order valence-corrected chi connectivity index (χ3v) is 4.59. The van der Waals surface area contributed by atoms with Crippen LogP contribution in [0.3, 0.4) is 0 Å². The highest BCUT2D eigenvalue weighted by atomic mass is 31.2. The minimum absolute atomic E-state index is 0.312. The first-order valence-electron chi connectivity index (χ1n) is 7.87. The van der Waals surface area contributed by atoms with E-state index in [1.165, 1.54) is 0 Å². The zero-order chi connectivity index (χ0) is 18.2. The van der Waals surface area contributed by atoms with Crippen LogP contribution in [-0.2, 0) is 4.57 Å². The summed E-state index contributed by atoms with van der Waals surface area (Å²) < 4.78 is 24.1. The number of anilines is 1. The quantitative estimate of drug-likeness (QED) is 0.595. The molecule has 0 radical (unpaired) electrons. The van der Waals surface area contributed by atoms with Crippen molar-refractivity contribution in [2.45, 2.75) is 0 Å². The molecule has 0 bridgehead atoms. The summed E-state index contributed by atoms with van der Waals surface area (Å²) in [5, 5.41) is 4.89. The average molecular weight is 368 g/mol. The van der Waals surface area contributed by atoms with Gasteiger partial charge in [-0.25, -0.2) is 14.4 Å². The Kier molecular flexibility index (Phi) is 5.56. The number of benzene rings is 3. The van der Waals surface area contributed by atoms with Crippen LogP contribution >= 0.6 is 7.75 Å². The predicted octanol–water partition coefficient (Wildman–Crippen LogP) is 5.07. The summed E-state index contributed by atoms with van der Waals surface area (Å²) in [6, 6.07) is 25.1. The van der Waals surface area contributed by atoms with Gasteiger partial charge in [0.05, 0.1) is 0 Å². The third kappa shape index (κ3) is 5.13. The lowest BCUT2D eigenvalue weighted by Gasteiger charge is -2.20. The van der Waals surface area contributed by atoms with Gasteiger partial charge >= 0.3 is 13.8 Å². The second kappa shape index (κ2) is 8.23. The first kappa shape index (κ1) is 17.6.